The largest absolute Gasteiger partial charge is 0.362 e. The van der Waals surface area contributed by atoms with Crippen LogP contribution in [0.3, 0.4) is 0 Å². The van der Waals surface area contributed by atoms with Gasteiger partial charge in [0.05, 0.1) is 16.8 Å². The van der Waals surface area contributed by atoms with E-state index in [1.165, 1.54) is 0 Å². The summed E-state index contributed by atoms with van der Waals surface area (Å²) in [6.45, 7) is 12.4. The molecule has 0 radical (unpaired) electrons. The highest BCUT2D eigenvalue weighted by molar-refractivity contribution is 7.14. The van der Waals surface area contributed by atoms with Gasteiger partial charge in [-0.2, -0.15) is 0 Å². The van der Waals surface area contributed by atoms with Crippen LogP contribution in [0.4, 0.5) is 17.2 Å². The van der Waals surface area contributed by atoms with E-state index in [0.717, 1.165) is 50.6 Å². The summed E-state index contributed by atoms with van der Waals surface area (Å²) in [5.74, 6) is 1.02. The van der Waals surface area contributed by atoms with Crippen molar-refractivity contribution in [1.29, 1.82) is 0 Å². The number of aromatic nitrogens is 5. The van der Waals surface area contributed by atoms with Gasteiger partial charge in [-0.15, -0.1) is 10.2 Å². The van der Waals surface area contributed by atoms with E-state index >= 15 is 0 Å². The molecule has 10 heteroatoms. The van der Waals surface area contributed by atoms with Crippen LogP contribution in [0.15, 0.2) is 42.9 Å². The molecule has 4 aromatic heterocycles. The van der Waals surface area contributed by atoms with Crippen molar-refractivity contribution >= 4 is 47.6 Å². The quantitative estimate of drug-likeness (QED) is 0.155. The standard InChI is InChI=1S/C24H31N7OSSi/c1-16(2)23-30-31-24(33-23)18-14-20-21(29-22(18)27-15-32-12-13-34(3,4)5)19(8-11-26-20)28-17-6-9-25-10-7-17/h6-11,14,16H,12-13,15H2,1-5H3,(H,27,29)(H,25,26,28). The van der Waals surface area contributed by atoms with Gasteiger partial charge in [-0.1, -0.05) is 44.8 Å². The fraction of sp³-hybridized carbons (Fsp3) is 0.375. The first kappa shape index (κ1) is 24.2. The second kappa shape index (κ2) is 10.5. The third-order valence-corrected chi connectivity index (χ3v) is 8.14. The van der Waals surface area contributed by atoms with Gasteiger partial charge in [0.1, 0.15) is 23.1 Å². The van der Waals surface area contributed by atoms with E-state index in [0.29, 0.717) is 18.5 Å². The van der Waals surface area contributed by atoms with E-state index in [1.54, 1.807) is 29.9 Å². The molecule has 178 valence electrons. The number of hydrogen-bond acceptors (Lipinski definition) is 9. The van der Waals surface area contributed by atoms with Gasteiger partial charge in [-0.3, -0.25) is 9.97 Å². The average Bonchev–Trinajstić information content (AvgIpc) is 3.29. The average molecular weight is 494 g/mol. The maximum absolute atomic E-state index is 5.90. The molecule has 0 aliphatic rings. The Kier molecular flexibility index (Phi) is 7.49. The Labute approximate surface area is 205 Å². The lowest BCUT2D eigenvalue weighted by Crippen LogP contribution is -2.22. The van der Waals surface area contributed by atoms with Crippen LogP contribution in [-0.4, -0.2) is 46.6 Å². The van der Waals surface area contributed by atoms with E-state index in [1.807, 2.05) is 24.3 Å². The van der Waals surface area contributed by atoms with Gasteiger partial charge < -0.3 is 15.4 Å². The molecule has 4 rings (SSSR count). The van der Waals surface area contributed by atoms with Crippen LogP contribution < -0.4 is 10.6 Å². The lowest BCUT2D eigenvalue weighted by Gasteiger charge is -2.16. The molecule has 0 unspecified atom stereocenters. The Morgan fingerprint density at radius 1 is 1.06 bits per heavy atom. The van der Waals surface area contributed by atoms with Crippen molar-refractivity contribution in [2.24, 2.45) is 0 Å². The normalized spacial score (nSPS) is 11.8. The summed E-state index contributed by atoms with van der Waals surface area (Å²) in [4.78, 5) is 13.6. The molecule has 0 aromatic carbocycles. The zero-order valence-corrected chi connectivity index (χ0v) is 22.1. The zero-order valence-electron chi connectivity index (χ0n) is 20.3. The monoisotopic (exact) mass is 493 g/mol. The van der Waals surface area contributed by atoms with Gasteiger partial charge in [-0.25, -0.2) is 4.98 Å². The van der Waals surface area contributed by atoms with E-state index in [2.05, 4.69) is 64.3 Å². The van der Waals surface area contributed by atoms with E-state index < -0.39 is 8.07 Å². The number of rotatable bonds is 10. The number of ether oxygens (including phenoxy) is 1. The van der Waals surface area contributed by atoms with Crippen LogP contribution in [0, 0.1) is 0 Å². The molecule has 0 aliphatic heterocycles. The van der Waals surface area contributed by atoms with Crippen LogP contribution in [0.1, 0.15) is 24.8 Å². The molecular formula is C24H31N7OSSi. The van der Waals surface area contributed by atoms with Crippen molar-refractivity contribution in [2.75, 3.05) is 24.0 Å². The summed E-state index contributed by atoms with van der Waals surface area (Å²) < 4.78 is 5.90. The first-order chi connectivity index (χ1) is 16.3. The molecule has 0 fully saturated rings. The molecule has 0 spiro atoms. The Morgan fingerprint density at radius 2 is 1.85 bits per heavy atom. The van der Waals surface area contributed by atoms with Crippen molar-refractivity contribution in [2.45, 2.75) is 45.5 Å². The predicted molar refractivity (Wildman–Crippen MR) is 143 cm³/mol. The summed E-state index contributed by atoms with van der Waals surface area (Å²) in [6.07, 6.45) is 5.29. The van der Waals surface area contributed by atoms with Crippen molar-refractivity contribution in [3.8, 4) is 10.6 Å². The Morgan fingerprint density at radius 3 is 2.56 bits per heavy atom. The summed E-state index contributed by atoms with van der Waals surface area (Å²) in [5.41, 5.74) is 4.22. The molecule has 4 heterocycles. The molecule has 0 saturated heterocycles. The summed E-state index contributed by atoms with van der Waals surface area (Å²) in [5, 5.41) is 17.4. The number of nitrogens with one attached hydrogen (secondary N) is 2. The molecular weight excluding hydrogens is 462 g/mol. The van der Waals surface area contributed by atoms with Crippen LogP contribution in [0.5, 0.6) is 0 Å². The first-order valence-corrected chi connectivity index (χ1v) is 15.9. The first-order valence-electron chi connectivity index (χ1n) is 11.4. The lowest BCUT2D eigenvalue weighted by atomic mass is 10.2. The molecule has 0 aliphatic carbocycles. The van der Waals surface area contributed by atoms with E-state index in [-0.39, 0.29) is 0 Å². The third kappa shape index (κ3) is 6.13. The van der Waals surface area contributed by atoms with Gasteiger partial charge in [0.15, 0.2) is 5.01 Å². The van der Waals surface area contributed by atoms with Gasteiger partial charge in [0.2, 0.25) is 0 Å². The maximum Gasteiger partial charge on any atom is 0.151 e. The lowest BCUT2D eigenvalue weighted by molar-refractivity contribution is 0.165. The topological polar surface area (TPSA) is 97.7 Å². The number of fused-ring (bicyclic) bond motifs is 1. The molecule has 0 saturated carbocycles. The summed E-state index contributed by atoms with van der Waals surface area (Å²) in [6, 6.07) is 8.90. The van der Waals surface area contributed by atoms with Crippen molar-refractivity contribution in [3.63, 3.8) is 0 Å². The number of hydrogen-bond donors (Lipinski definition) is 2. The van der Waals surface area contributed by atoms with Crippen molar-refractivity contribution in [3.05, 3.63) is 47.9 Å². The molecule has 0 bridgehead atoms. The van der Waals surface area contributed by atoms with Crippen LogP contribution in [0.25, 0.3) is 21.6 Å². The Balaban J connectivity index is 1.67. The minimum atomic E-state index is -1.14. The van der Waals surface area contributed by atoms with Crippen LogP contribution in [-0.2, 0) is 4.74 Å². The van der Waals surface area contributed by atoms with E-state index in [9.17, 15) is 0 Å². The van der Waals surface area contributed by atoms with Crippen LogP contribution >= 0.6 is 11.3 Å². The number of nitrogens with zero attached hydrogens (tertiary/aromatic N) is 5. The summed E-state index contributed by atoms with van der Waals surface area (Å²) >= 11 is 1.58. The molecule has 0 atom stereocenters. The van der Waals surface area contributed by atoms with Gasteiger partial charge >= 0.3 is 0 Å². The molecule has 2 N–H and O–H groups in total. The van der Waals surface area contributed by atoms with E-state index in [4.69, 9.17) is 9.72 Å². The smallest absolute Gasteiger partial charge is 0.151 e. The maximum atomic E-state index is 5.90. The highest BCUT2D eigenvalue weighted by Gasteiger charge is 2.18. The Bertz CT molecular complexity index is 1240. The Hall–Kier alpha value is -2.95. The minimum absolute atomic E-state index is 0.315. The van der Waals surface area contributed by atoms with Crippen LogP contribution in [0.2, 0.25) is 25.7 Å². The van der Waals surface area contributed by atoms with Gasteiger partial charge in [0.25, 0.3) is 0 Å². The fourth-order valence-corrected chi connectivity index (χ4v) is 4.83. The van der Waals surface area contributed by atoms with Gasteiger partial charge in [-0.05, 0) is 30.3 Å². The van der Waals surface area contributed by atoms with Crippen molar-refractivity contribution in [1.82, 2.24) is 25.1 Å². The number of pyridine rings is 3. The fourth-order valence-electron chi connectivity index (χ4n) is 3.21. The minimum Gasteiger partial charge on any atom is -0.362 e. The number of anilines is 3. The zero-order chi connectivity index (χ0) is 24.1. The second-order valence-electron chi connectivity index (χ2n) is 9.61. The highest BCUT2D eigenvalue weighted by atomic mass is 32.1. The molecule has 0 amide bonds. The summed E-state index contributed by atoms with van der Waals surface area (Å²) in [7, 11) is -1.14. The molecule has 34 heavy (non-hydrogen) atoms. The van der Waals surface area contributed by atoms with Crippen molar-refractivity contribution < 1.29 is 4.74 Å². The highest BCUT2D eigenvalue weighted by Crippen LogP contribution is 2.35. The molecule has 8 nitrogen and oxygen atoms in total. The predicted octanol–water partition coefficient (Wildman–Crippen LogP) is 6.13. The SMILES string of the molecule is CC(C)c1nnc(-c2cc3nccc(Nc4ccncc4)c3nc2NCOCC[Si](C)(C)C)s1. The second-order valence-corrected chi connectivity index (χ2v) is 16.2. The molecule has 4 aromatic rings. The third-order valence-electron chi connectivity index (χ3n) is 5.17. The van der Waals surface area contributed by atoms with Gasteiger partial charge in [0, 0.05) is 44.9 Å².